The number of aromatic nitrogens is 4. The molecule has 6 heteroatoms. The van der Waals surface area contributed by atoms with Gasteiger partial charge in [0.15, 0.2) is 17.5 Å². The van der Waals surface area contributed by atoms with E-state index in [4.69, 9.17) is 23.8 Å². The molecule has 0 saturated heterocycles. The molecule has 298 valence electrons. The first-order valence-corrected chi connectivity index (χ1v) is 21.3. The molecule has 0 aliphatic rings. The van der Waals surface area contributed by atoms with Gasteiger partial charge < -0.3 is 8.83 Å². The third-order valence-electron chi connectivity index (χ3n) is 12.4. The van der Waals surface area contributed by atoms with Crippen molar-refractivity contribution in [3.05, 3.63) is 207 Å². The molecule has 0 atom stereocenters. The van der Waals surface area contributed by atoms with Gasteiger partial charge in [0.1, 0.15) is 22.3 Å². The lowest BCUT2D eigenvalue weighted by molar-refractivity contribution is 0.672. The van der Waals surface area contributed by atoms with E-state index < -0.39 is 0 Å². The smallest absolute Gasteiger partial charge is 0.164 e. The second kappa shape index (κ2) is 14.4. The summed E-state index contributed by atoms with van der Waals surface area (Å²) in [7, 11) is 0. The van der Waals surface area contributed by atoms with Gasteiger partial charge in [0.25, 0.3) is 0 Å². The van der Waals surface area contributed by atoms with Crippen molar-refractivity contribution in [3.63, 3.8) is 0 Å². The van der Waals surface area contributed by atoms with Crippen LogP contribution in [0, 0.1) is 0 Å². The van der Waals surface area contributed by atoms with Crippen LogP contribution in [0.1, 0.15) is 0 Å². The maximum atomic E-state index is 6.54. The maximum Gasteiger partial charge on any atom is 0.164 e. The molecule has 0 N–H and O–H groups in total. The van der Waals surface area contributed by atoms with E-state index in [1.165, 1.54) is 0 Å². The summed E-state index contributed by atoms with van der Waals surface area (Å²) in [6, 6.07) is 67.5. The molecule has 6 nitrogen and oxygen atoms in total. The Morgan fingerprint density at radius 2 is 0.750 bits per heavy atom. The van der Waals surface area contributed by atoms with Crippen LogP contribution in [0.15, 0.2) is 215 Å². The standard InChI is InChI=1S/C58H34N4O2/c1-2-11-38(12-3-1)56-60-57(39-18-16-35(17-19-39)42-13-8-28-59-34-42)62-58(61-56)45-30-43(40-22-26-52-50(32-40)48-24-20-36-9-4-6-14-46(36)54(48)63-52)29-44(31-45)41-23-27-53-51(33-41)49-25-21-37-10-5-7-15-47(37)55(49)64-53/h1-34H. The van der Waals surface area contributed by atoms with Gasteiger partial charge in [0, 0.05) is 61.4 Å². The molecule has 0 saturated carbocycles. The van der Waals surface area contributed by atoms with Crippen LogP contribution < -0.4 is 0 Å². The molecule has 0 unspecified atom stereocenters. The molecule has 0 aliphatic carbocycles. The molecule has 9 aromatic carbocycles. The van der Waals surface area contributed by atoms with Crippen molar-refractivity contribution in [2.24, 2.45) is 0 Å². The summed E-state index contributed by atoms with van der Waals surface area (Å²) in [6.45, 7) is 0. The van der Waals surface area contributed by atoms with Gasteiger partial charge in [-0.25, -0.2) is 15.0 Å². The second-order valence-electron chi connectivity index (χ2n) is 16.2. The van der Waals surface area contributed by atoms with Gasteiger partial charge in [-0.3, -0.25) is 4.98 Å². The Bertz CT molecular complexity index is 3780. The highest BCUT2D eigenvalue weighted by Gasteiger charge is 2.18. The lowest BCUT2D eigenvalue weighted by atomic mass is 9.94. The number of rotatable bonds is 6. The van der Waals surface area contributed by atoms with Crippen molar-refractivity contribution in [1.82, 2.24) is 19.9 Å². The van der Waals surface area contributed by atoms with Gasteiger partial charge in [0.05, 0.1) is 0 Å². The van der Waals surface area contributed by atoms with Gasteiger partial charge >= 0.3 is 0 Å². The minimum Gasteiger partial charge on any atom is -0.455 e. The third-order valence-corrected chi connectivity index (χ3v) is 12.4. The lowest BCUT2D eigenvalue weighted by Crippen LogP contribution is -2.00. The summed E-state index contributed by atoms with van der Waals surface area (Å²) in [4.78, 5) is 19.8. The average molecular weight is 819 g/mol. The molecule has 4 aromatic heterocycles. The molecule has 13 aromatic rings. The zero-order chi connectivity index (χ0) is 42.1. The van der Waals surface area contributed by atoms with E-state index >= 15 is 0 Å². The van der Waals surface area contributed by atoms with Gasteiger partial charge in [-0.05, 0) is 105 Å². The number of nitrogens with zero attached hydrogens (tertiary/aromatic N) is 4. The first-order chi connectivity index (χ1) is 31.7. The number of pyridine rings is 1. The van der Waals surface area contributed by atoms with E-state index in [2.05, 4.69) is 163 Å². The summed E-state index contributed by atoms with van der Waals surface area (Å²) < 4.78 is 13.1. The van der Waals surface area contributed by atoms with Crippen LogP contribution in [0.3, 0.4) is 0 Å². The predicted octanol–water partition coefficient (Wildman–Crippen LogP) is 15.4. The van der Waals surface area contributed by atoms with Crippen LogP contribution in [0.25, 0.3) is 133 Å². The molecule has 0 amide bonds. The van der Waals surface area contributed by atoms with Crippen molar-refractivity contribution < 1.29 is 8.83 Å². The molecular weight excluding hydrogens is 785 g/mol. The summed E-state index contributed by atoms with van der Waals surface area (Å²) in [5.74, 6) is 1.76. The number of benzene rings is 9. The zero-order valence-corrected chi connectivity index (χ0v) is 34.2. The normalized spacial score (nSPS) is 11.8. The van der Waals surface area contributed by atoms with Crippen LogP contribution in [0.2, 0.25) is 0 Å². The topological polar surface area (TPSA) is 77.8 Å². The number of hydrogen-bond donors (Lipinski definition) is 0. The Hall–Kier alpha value is -8.74. The van der Waals surface area contributed by atoms with Crippen LogP contribution in [0.5, 0.6) is 0 Å². The highest BCUT2D eigenvalue weighted by molar-refractivity contribution is 6.17. The molecule has 13 rings (SSSR count). The maximum absolute atomic E-state index is 6.54. The summed E-state index contributed by atoms with van der Waals surface area (Å²) in [5, 5.41) is 8.80. The third kappa shape index (κ3) is 6.03. The molecular formula is C58H34N4O2. The number of hydrogen-bond acceptors (Lipinski definition) is 6. The molecule has 0 aliphatic heterocycles. The Labute approximate surface area is 366 Å². The Morgan fingerprint density at radius 1 is 0.281 bits per heavy atom. The van der Waals surface area contributed by atoms with Crippen molar-refractivity contribution in [3.8, 4) is 67.5 Å². The average Bonchev–Trinajstić information content (AvgIpc) is 3.95. The van der Waals surface area contributed by atoms with E-state index in [-0.39, 0.29) is 0 Å². The molecule has 0 fully saturated rings. The number of furan rings is 2. The van der Waals surface area contributed by atoms with Gasteiger partial charge in [0.2, 0.25) is 0 Å². The monoisotopic (exact) mass is 818 g/mol. The van der Waals surface area contributed by atoms with E-state index in [9.17, 15) is 0 Å². The molecule has 4 heterocycles. The predicted molar refractivity (Wildman–Crippen MR) is 260 cm³/mol. The van der Waals surface area contributed by atoms with Crippen molar-refractivity contribution in [2.45, 2.75) is 0 Å². The fraction of sp³-hybridized carbons (Fsp3) is 0. The highest BCUT2D eigenvalue weighted by Crippen LogP contribution is 2.41. The van der Waals surface area contributed by atoms with Crippen LogP contribution in [-0.2, 0) is 0 Å². The quantitative estimate of drug-likeness (QED) is 0.166. The van der Waals surface area contributed by atoms with E-state index in [1.54, 1.807) is 6.20 Å². The van der Waals surface area contributed by atoms with E-state index in [0.29, 0.717) is 17.5 Å². The van der Waals surface area contributed by atoms with E-state index in [1.807, 2.05) is 42.6 Å². The van der Waals surface area contributed by atoms with Crippen LogP contribution in [-0.4, -0.2) is 19.9 Å². The first-order valence-electron chi connectivity index (χ1n) is 21.3. The van der Waals surface area contributed by atoms with E-state index in [0.717, 1.165) is 115 Å². The fourth-order valence-corrected chi connectivity index (χ4v) is 9.15. The first kappa shape index (κ1) is 36.0. The van der Waals surface area contributed by atoms with Crippen molar-refractivity contribution >= 4 is 65.4 Å². The highest BCUT2D eigenvalue weighted by atomic mass is 16.3. The lowest BCUT2D eigenvalue weighted by Gasteiger charge is -2.13. The van der Waals surface area contributed by atoms with Crippen LogP contribution >= 0.6 is 0 Å². The minimum absolute atomic E-state index is 0.575. The summed E-state index contributed by atoms with van der Waals surface area (Å²) >= 11 is 0. The minimum atomic E-state index is 0.575. The Balaban J connectivity index is 1.02. The van der Waals surface area contributed by atoms with Crippen molar-refractivity contribution in [1.29, 1.82) is 0 Å². The second-order valence-corrected chi connectivity index (χ2v) is 16.2. The number of fused-ring (bicyclic) bond motifs is 10. The zero-order valence-electron chi connectivity index (χ0n) is 34.2. The molecule has 64 heavy (non-hydrogen) atoms. The largest absolute Gasteiger partial charge is 0.455 e. The van der Waals surface area contributed by atoms with Gasteiger partial charge in [-0.15, -0.1) is 0 Å². The molecule has 0 spiro atoms. The fourth-order valence-electron chi connectivity index (χ4n) is 9.15. The van der Waals surface area contributed by atoms with Gasteiger partial charge in [-0.1, -0.05) is 133 Å². The van der Waals surface area contributed by atoms with Gasteiger partial charge in [-0.2, -0.15) is 0 Å². The SMILES string of the molecule is c1ccc(-c2nc(-c3ccc(-c4cccnc4)cc3)nc(-c3cc(-c4ccc5oc6c7ccccc7ccc6c5c4)cc(-c4ccc5oc6c7ccccc7ccc6c5c4)c3)n2)cc1. The molecule has 0 bridgehead atoms. The Morgan fingerprint density at radius 3 is 1.31 bits per heavy atom. The Kier molecular flexibility index (Phi) is 8.11. The van der Waals surface area contributed by atoms with Crippen molar-refractivity contribution in [2.75, 3.05) is 0 Å². The summed E-state index contributed by atoms with van der Waals surface area (Å²) in [6.07, 6.45) is 3.66. The van der Waals surface area contributed by atoms with Crippen LogP contribution in [0.4, 0.5) is 0 Å². The summed E-state index contributed by atoms with van der Waals surface area (Å²) in [5.41, 5.74) is 12.4. The molecule has 0 radical (unpaired) electrons.